The molecule has 9 aromatic rings. The highest BCUT2D eigenvalue weighted by atomic mass is 32.2. The summed E-state index contributed by atoms with van der Waals surface area (Å²) in [7, 11) is -6.40. The van der Waals surface area contributed by atoms with Crippen LogP contribution in [0.1, 0.15) is 196 Å². The fourth-order valence-electron chi connectivity index (χ4n) is 18.2. The number of hydrogen-bond donors (Lipinski definition) is 3. The Balaban J connectivity index is 0.000000140. The van der Waals surface area contributed by atoms with Crippen molar-refractivity contribution in [2.75, 3.05) is 88.6 Å². The second-order valence-electron chi connectivity index (χ2n) is 38.2. The molecule has 0 bridgehead atoms. The fourth-order valence-corrected chi connectivity index (χ4v) is 20.0. The Morgan fingerprint density at radius 3 is 1.49 bits per heavy atom. The molecule has 9 aliphatic rings. The van der Waals surface area contributed by atoms with E-state index in [2.05, 4.69) is 50.5 Å². The predicted octanol–water partition coefficient (Wildman–Crippen LogP) is 18.2. The van der Waals surface area contributed by atoms with E-state index >= 15 is 17.6 Å². The number of sulfonamides is 2. The van der Waals surface area contributed by atoms with Gasteiger partial charge in [0.25, 0.3) is 11.8 Å². The molecular weight excluding hydrogens is 1860 g/mol. The van der Waals surface area contributed by atoms with Crippen molar-refractivity contribution in [3.8, 4) is 0 Å². The highest BCUT2D eigenvalue weighted by Crippen LogP contribution is 2.61. The zero-order valence-electron chi connectivity index (χ0n) is 77.4. The molecule has 3 aliphatic heterocycles. The molecule has 742 valence electrons. The summed E-state index contributed by atoms with van der Waals surface area (Å²) in [5.41, 5.74) is 9.93. The summed E-state index contributed by atoms with van der Waals surface area (Å²) in [6.45, 7) is 8.68. The third-order valence-electron chi connectivity index (χ3n) is 27.3. The van der Waals surface area contributed by atoms with Crippen LogP contribution in [-0.2, 0) is 106 Å². The average Bonchev–Trinajstić information content (AvgIpc) is 1.58. The smallest absolute Gasteiger partial charge is 0.369 e. The van der Waals surface area contributed by atoms with E-state index in [0.717, 1.165) is 177 Å². The lowest BCUT2D eigenvalue weighted by Gasteiger charge is -2.32. The summed E-state index contributed by atoms with van der Waals surface area (Å²) in [5.74, 6) is -6.33. The maximum absolute atomic E-state index is 15.7. The highest BCUT2D eigenvalue weighted by molar-refractivity contribution is 7.88. The van der Waals surface area contributed by atoms with Gasteiger partial charge in [0, 0.05) is 139 Å². The van der Waals surface area contributed by atoms with Crippen LogP contribution in [0.5, 0.6) is 0 Å². The first kappa shape index (κ1) is 101. The minimum atomic E-state index is -4.42. The summed E-state index contributed by atoms with van der Waals surface area (Å²) in [6.07, 6.45) is 16.8. The van der Waals surface area contributed by atoms with E-state index < -0.39 is 78.7 Å². The van der Waals surface area contributed by atoms with Gasteiger partial charge < -0.3 is 40.9 Å². The normalized spacial score (nSPS) is 18.6. The highest BCUT2D eigenvalue weighted by Gasteiger charge is 2.56. The van der Waals surface area contributed by atoms with Crippen LogP contribution < -0.4 is 36.0 Å². The second-order valence-corrected chi connectivity index (χ2v) is 42.2. The Bertz CT molecular complexity index is 5980. The van der Waals surface area contributed by atoms with Gasteiger partial charge in [-0.05, 0) is 228 Å². The number of aryl methyl sites for hydroxylation is 2. The molecule has 2 unspecified atom stereocenters. The Kier molecular flexibility index (Phi) is 31.0. The third-order valence-corrected chi connectivity index (χ3v) is 29.9. The number of alkyl halides is 10. The van der Waals surface area contributed by atoms with Crippen LogP contribution in [0.25, 0.3) is 0 Å². The Morgan fingerprint density at radius 1 is 0.486 bits per heavy atom. The van der Waals surface area contributed by atoms with Gasteiger partial charge in [0.05, 0.1) is 59.4 Å². The predicted molar refractivity (Wildman–Crippen MR) is 494 cm³/mol. The quantitative estimate of drug-likeness (QED) is 0.0316. The molecule has 6 saturated carbocycles. The molecule has 8 heterocycles. The molecule has 1 spiro atoms. The van der Waals surface area contributed by atoms with Gasteiger partial charge in [0.2, 0.25) is 43.5 Å². The van der Waals surface area contributed by atoms with Crippen LogP contribution in [0.3, 0.4) is 0 Å². The van der Waals surface area contributed by atoms with Crippen molar-refractivity contribution < 1.29 is 87.9 Å². The number of halogens is 14. The Hall–Kier alpha value is -11.0. The summed E-state index contributed by atoms with van der Waals surface area (Å²) in [5, 5.41) is 5.97. The molecule has 6 aliphatic carbocycles. The number of carbonyl (C=O) groups excluding carboxylic acids is 2. The maximum Gasteiger partial charge on any atom is 0.416 e. The molecule has 0 radical (unpaired) electrons. The van der Waals surface area contributed by atoms with Crippen LogP contribution in [0, 0.1) is 59.3 Å². The SMILES string of the molecule is CC(F)(F)c1ccc(CN(c2ccnc(CC3CC34CCN(S(C)(=O)=O)CC4)c2F)C2CC2)cc1.CC(F)(F)c1ccc(CN(c2ncnc(NCC3CCN(S(C)(=O)=O)C3)c2F)C2CC2)nc1.Cc1cc(C(F)(F)F)ccc1CN(c1ncnc(NCc2ccc(CC(N)=O)cc2)c1F)C1CC1.O=C(C1CC1)N1CCC(CCc2ncnc(N(Cc3ccc(C(F)(F)F)cc3)C3CC3)c2F)CC1. The van der Waals surface area contributed by atoms with Crippen molar-refractivity contribution in [2.24, 2.45) is 34.8 Å². The van der Waals surface area contributed by atoms with Crippen molar-refractivity contribution in [1.82, 2.24) is 53.4 Å². The number of likely N-dealkylation sites (tertiary alicyclic amines) is 1. The van der Waals surface area contributed by atoms with E-state index in [4.69, 9.17) is 5.73 Å². The molecular formula is C98H114F14N18O6S2. The summed E-state index contributed by atoms with van der Waals surface area (Å²) in [6, 6.07) is 27.1. The molecule has 4 N–H and O–H groups in total. The average molecular weight is 1970 g/mol. The number of aromatic nitrogens is 8. The van der Waals surface area contributed by atoms with Gasteiger partial charge >= 0.3 is 12.4 Å². The van der Waals surface area contributed by atoms with Crippen LogP contribution in [-0.4, -0.2) is 165 Å². The number of carbonyl (C=O) groups is 2. The van der Waals surface area contributed by atoms with E-state index in [9.17, 15) is 70.3 Å². The lowest BCUT2D eigenvalue weighted by atomic mass is 9.90. The van der Waals surface area contributed by atoms with Crippen molar-refractivity contribution >= 4 is 66.6 Å². The van der Waals surface area contributed by atoms with E-state index in [1.165, 1.54) is 82.6 Å². The van der Waals surface area contributed by atoms with Gasteiger partial charge in [-0.1, -0.05) is 66.7 Å². The largest absolute Gasteiger partial charge is 0.416 e. The van der Waals surface area contributed by atoms with Gasteiger partial charge in [-0.3, -0.25) is 19.6 Å². The number of hydrogen-bond acceptors (Lipinski definition) is 20. The zero-order chi connectivity index (χ0) is 98.6. The molecule has 40 heteroatoms. The van der Waals surface area contributed by atoms with E-state index in [1.54, 1.807) is 53.3 Å². The van der Waals surface area contributed by atoms with E-state index in [-0.39, 0.29) is 107 Å². The topological polar surface area (TPSA) is 278 Å². The monoisotopic (exact) mass is 1970 g/mol. The van der Waals surface area contributed by atoms with Crippen molar-refractivity contribution in [2.45, 2.75) is 230 Å². The number of piperidine rings is 2. The number of nitrogens with one attached hydrogen (secondary N) is 2. The lowest BCUT2D eigenvalue weighted by Crippen LogP contribution is -2.39. The van der Waals surface area contributed by atoms with Gasteiger partial charge in [0.15, 0.2) is 40.7 Å². The second kappa shape index (κ2) is 42.2. The third kappa shape index (κ3) is 26.8. The van der Waals surface area contributed by atoms with Crippen molar-refractivity contribution in [1.29, 1.82) is 0 Å². The van der Waals surface area contributed by atoms with Gasteiger partial charge in [-0.25, -0.2) is 81.7 Å². The number of anilines is 6. The number of rotatable bonds is 34. The zero-order valence-corrected chi connectivity index (χ0v) is 79.0. The molecule has 2 amide bonds. The fraction of sp³-hybridized carbons (Fsp3) is 0.510. The van der Waals surface area contributed by atoms with Crippen LogP contribution >= 0.6 is 0 Å². The van der Waals surface area contributed by atoms with Crippen molar-refractivity contribution in [3.63, 3.8) is 0 Å². The summed E-state index contributed by atoms with van der Waals surface area (Å²) in [4.78, 5) is 66.0. The maximum atomic E-state index is 15.7. The first-order valence-corrected chi connectivity index (χ1v) is 50.5. The van der Waals surface area contributed by atoms with Gasteiger partial charge in [-0.15, -0.1) is 0 Å². The van der Waals surface area contributed by atoms with Crippen LogP contribution in [0.15, 0.2) is 141 Å². The number of nitrogens with zero attached hydrogens (tertiary/aromatic N) is 15. The molecule has 24 nitrogen and oxygen atoms in total. The van der Waals surface area contributed by atoms with Gasteiger partial charge in [-0.2, -0.15) is 35.1 Å². The van der Waals surface area contributed by atoms with Crippen molar-refractivity contribution in [3.05, 3.63) is 237 Å². The number of primary amides is 1. The van der Waals surface area contributed by atoms with E-state index in [1.807, 2.05) is 26.8 Å². The molecule has 4 aromatic carbocycles. The molecule has 9 fully saturated rings. The first-order chi connectivity index (χ1) is 65.4. The Morgan fingerprint density at radius 2 is 0.978 bits per heavy atom. The number of benzene rings is 4. The number of amides is 2. The lowest BCUT2D eigenvalue weighted by molar-refractivity contribution is -0.138. The first-order valence-electron chi connectivity index (χ1n) is 46.8. The Labute approximate surface area is 794 Å². The molecule has 3 saturated heterocycles. The molecule has 2 atom stereocenters. The number of pyridine rings is 2. The van der Waals surface area contributed by atoms with E-state index in [0.29, 0.717) is 129 Å². The van der Waals surface area contributed by atoms with Gasteiger partial charge in [0.1, 0.15) is 19.0 Å². The summed E-state index contributed by atoms with van der Waals surface area (Å²) < 4.78 is 244. The summed E-state index contributed by atoms with van der Waals surface area (Å²) >= 11 is 0. The van der Waals surface area contributed by atoms with Crippen LogP contribution in [0.2, 0.25) is 0 Å². The molecule has 18 rings (SSSR count). The van der Waals surface area contributed by atoms with Crippen LogP contribution in [0.4, 0.5) is 96.2 Å². The minimum Gasteiger partial charge on any atom is -0.369 e. The standard InChI is InChI=1S/C26H30F4N4O.C26H32F3N3O2S.C25H25F4N5O.C21H27F3N6O2S/c27-23-22(10-3-17-11-13-33(14-12-17)25(35)19-4-5-19)31-16-32-24(23)34(21-8-9-21)15-18-1-6-20(7-2-18)26(28,29)30;1-25(28,29)19-5-3-18(4-6-19)17-32(21-7-8-21)23-9-12-30-22(24(23)27)15-20-16-26(20)10-13-31(14-11-26)35(2,33)34;1-15-10-19(25(27,28)29)7-6-18(15)13-34(20-8-9-20)24-22(26)23(32-14-33-24)31-12-17-4-2-16(3-5-17)11-21(30)35;1-21(23,24)15-3-4-16(25-10-15)12-30(17-5-6-17)20-18(22)19(27-13-28-20)26-9-14-7-8-29(11-14)33(2,31)32/h1-2,6-7,16-17,19,21H,3-5,8-15H2;3-6,9,12,20-21H,7-8,10-11,13-17H2,1-2H3;2-7,10,14,20H,8-9,11-13H2,1H3,(H2,30,35)(H,31,32,33);3-4,10,13-14,17H,5-9,11-12H2,1-2H3,(H,26,27,28). The minimum absolute atomic E-state index is 0.0302. The molecule has 138 heavy (non-hydrogen) atoms. The molecule has 5 aromatic heterocycles. The number of nitrogens with two attached hydrogens (primary N) is 1.